The predicted molar refractivity (Wildman–Crippen MR) is 104 cm³/mol. The van der Waals surface area contributed by atoms with Gasteiger partial charge in [-0.1, -0.05) is 6.92 Å². The number of anilines is 1. The van der Waals surface area contributed by atoms with Crippen LogP contribution in [0.15, 0.2) is 30.5 Å². The van der Waals surface area contributed by atoms with Crippen molar-refractivity contribution in [1.29, 1.82) is 0 Å². The van der Waals surface area contributed by atoms with E-state index in [2.05, 4.69) is 27.1 Å². The molecule has 1 saturated heterocycles. The highest BCUT2D eigenvalue weighted by molar-refractivity contribution is 5.94. The molecule has 0 aromatic carbocycles. The average molecular weight is 370 g/mol. The third-order valence-corrected chi connectivity index (χ3v) is 4.71. The highest BCUT2D eigenvalue weighted by Crippen LogP contribution is 2.31. The minimum absolute atomic E-state index is 0.312. The van der Waals surface area contributed by atoms with Crippen molar-refractivity contribution in [2.45, 2.75) is 26.3 Å². The molecule has 27 heavy (non-hydrogen) atoms. The van der Waals surface area contributed by atoms with Crippen LogP contribution in [-0.4, -0.2) is 55.3 Å². The summed E-state index contributed by atoms with van der Waals surface area (Å²) >= 11 is 0. The Morgan fingerprint density at radius 2 is 2.19 bits per heavy atom. The van der Waals surface area contributed by atoms with Crippen molar-refractivity contribution >= 4 is 11.7 Å². The lowest BCUT2D eigenvalue weighted by Crippen LogP contribution is -2.51. The van der Waals surface area contributed by atoms with Crippen LogP contribution in [0.3, 0.4) is 0 Å². The van der Waals surface area contributed by atoms with Gasteiger partial charge in [-0.05, 0) is 37.6 Å². The van der Waals surface area contributed by atoms with E-state index in [1.54, 1.807) is 6.20 Å². The molecule has 7 heteroatoms. The number of aromatic nitrogens is 2. The smallest absolute Gasteiger partial charge is 0.358 e. The van der Waals surface area contributed by atoms with Crippen LogP contribution in [0.2, 0.25) is 0 Å². The van der Waals surface area contributed by atoms with Gasteiger partial charge in [-0.3, -0.25) is 0 Å². The van der Waals surface area contributed by atoms with Crippen LogP contribution in [0.1, 0.15) is 30.8 Å². The van der Waals surface area contributed by atoms with Gasteiger partial charge in [0.25, 0.3) is 0 Å². The summed E-state index contributed by atoms with van der Waals surface area (Å²) in [6.45, 7) is 7.13. The number of carbonyl (C=O) groups excluding carboxylic acids is 1. The van der Waals surface area contributed by atoms with Gasteiger partial charge in [-0.25, -0.2) is 14.8 Å². The number of methoxy groups -OCH3 is 1. The largest absolute Gasteiger partial charge is 0.477 e. The molecular weight excluding hydrogens is 344 g/mol. The Bertz CT molecular complexity index is 797. The molecule has 1 atom stereocenters. The van der Waals surface area contributed by atoms with Crippen LogP contribution in [0, 0.1) is 0 Å². The van der Waals surface area contributed by atoms with Gasteiger partial charge in [-0.15, -0.1) is 0 Å². The third-order valence-electron chi connectivity index (χ3n) is 4.71. The molecular formula is C20H26N4O3. The zero-order chi connectivity index (χ0) is 19.2. The van der Waals surface area contributed by atoms with E-state index >= 15 is 0 Å². The first kappa shape index (κ1) is 19.1. The number of pyridine rings is 2. The Labute approximate surface area is 159 Å². The first-order valence-electron chi connectivity index (χ1n) is 9.34. The Kier molecular flexibility index (Phi) is 6.24. The second-order valence-corrected chi connectivity index (χ2v) is 6.30. The molecule has 7 nitrogen and oxygen atoms in total. The summed E-state index contributed by atoms with van der Waals surface area (Å²) in [4.78, 5) is 23.7. The maximum atomic E-state index is 12.5. The molecule has 0 unspecified atom stereocenters. The van der Waals surface area contributed by atoms with Gasteiger partial charge in [0.05, 0.1) is 30.7 Å². The molecule has 1 aliphatic rings. The zero-order valence-corrected chi connectivity index (χ0v) is 16.1. The lowest BCUT2D eigenvalue weighted by molar-refractivity contribution is 0.0594. The van der Waals surface area contributed by atoms with Crippen LogP contribution in [-0.2, 0) is 4.74 Å². The summed E-state index contributed by atoms with van der Waals surface area (Å²) in [6.07, 6.45) is 2.66. The summed E-state index contributed by atoms with van der Waals surface area (Å²) in [5.41, 5.74) is 2.52. The molecule has 0 bridgehead atoms. The first-order chi connectivity index (χ1) is 13.2. The molecule has 1 aliphatic heterocycles. The molecule has 0 radical (unpaired) electrons. The van der Waals surface area contributed by atoms with Crippen molar-refractivity contribution in [3.05, 3.63) is 36.2 Å². The standard InChI is InChI=1S/C20H26N4O3/c1-4-14-13-21-11-12-24(14)17-9-8-16(23-18(17)20(25)26-3)15-7-6-10-22-19(15)27-5-2/h6-10,14,21H,4-5,11-13H2,1-3H3/t14-/m1/s1. The number of carbonyl (C=O) groups is 1. The van der Waals surface area contributed by atoms with Gasteiger partial charge in [0.15, 0.2) is 5.69 Å². The quantitative estimate of drug-likeness (QED) is 0.783. The molecule has 2 aromatic heterocycles. The van der Waals surface area contributed by atoms with E-state index in [-0.39, 0.29) is 0 Å². The van der Waals surface area contributed by atoms with E-state index in [0.29, 0.717) is 29.9 Å². The average Bonchev–Trinajstić information content (AvgIpc) is 2.73. The molecule has 2 aromatic rings. The second-order valence-electron chi connectivity index (χ2n) is 6.30. The monoisotopic (exact) mass is 370 g/mol. The van der Waals surface area contributed by atoms with Crippen LogP contribution in [0.4, 0.5) is 5.69 Å². The molecule has 1 fully saturated rings. The minimum atomic E-state index is -0.443. The highest BCUT2D eigenvalue weighted by Gasteiger charge is 2.27. The van der Waals surface area contributed by atoms with Crippen molar-refractivity contribution in [2.24, 2.45) is 0 Å². The number of piperazine rings is 1. The van der Waals surface area contributed by atoms with E-state index in [9.17, 15) is 4.79 Å². The summed E-state index contributed by atoms with van der Waals surface area (Å²) in [6, 6.07) is 7.89. The third kappa shape index (κ3) is 4.03. The van der Waals surface area contributed by atoms with E-state index in [1.165, 1.54) is 7.11 Å². The topological polar surface area (TPSA) is 76.6 Å². The lowest BCUT2D eigenvalue weighted by Gasteiger charge is -2.38. The predicted octanol–water partition coefficient (Wildman–Crippen LogP) is 2.52. The van der Waals surface area contributed by atoms with Crippen molar-refractivity contribution in [2.75, 3.05) is 38.3 Å². The molecule has 1 N–H and O–H groups in total. The molecule has 0 spiro atoms. The second kappa shape index (κ2) is 8.81. The fourth-order valence-corrected chi connectivity index (χ4v) is 3.36. The van der Waals surface area contributed by atoms with Gasteiger partial charge in [0, 0.05) is 31.9 Å². The van der Waals surface area contributed by atoms with Crippen molar-refractivity contribution < 1.29 is 14.3 Å². The molecule has 0 saturated carbocycles. The van der Waals surface area contributed by atoms with E-state index in [1.807, 2.05) is 31.2 Å². The summed E-state index contributed by atoms with van der Waals surface area (Å²) in [5.74, 6) is 0.0618. The Hall–Kier alpha value is -2.67. The lowest BCUT2D eigenvalue weighted by atomic mass is 10.1. The normalized spacial score (nSPS) is 16.9. The van der Waals surface area contributed by atoms with E-state index in [4.69, 9.17) is 9.47 Å². The highest BCUT2D eigenvalue weighted by atomic mass is 16.5. The van der Waals surface area contributed by atoms with Crippen LogP contribution >= 0.6 is 0 Å². The molecule has 3 heterocycles. The van der Waals surface area contributed by atoms with Crippen LogP contribution in [0.25, 0.3) is 11.3 Å². The van der Waals surface area contributed by atoms with Crippen molar-refractivity contribution in [3.63, 3.8) is 0 Å². The summed E-state index contributed by atoms with van der Waals surface area (Å²) < 4.78 is 10.6. The number of nitrogens with one attached hydrogen (secondary N) is 1. The van der Waals surface area contributed by atoms with Gasteiger partial charge in [0.1, 0.15) is 0 Å². The number of esters is 1. The van der Waals surface area contributed by atoms with Crippen molar-refractivity contribution in [1.82, 2.24) is 15.3 Å². The van der Waals surface area contributed by atoms with E-state index in [0.717, 1.165) is 37.3 Å². The molecule has 0 amide bonds. The van der Waals surface area contributed by atoms with E-state index < -0.39 is 5.97 Å². The number of nitrogens with zero attached hydrogens (tertiary/aromatic N) is 3. The number of hydrogen-bond acceptors (Lipinski definition) is 7. The Morgan fingerprint density at radius 3 is 2.93 bits per heavy atom. The van der Waals surface area contributed by atoms with Gasteiger partial charge in [0.2, 0.25) is 5.88 Å². The van der Waals surface area contributed by atoms with Gasteiger partial charge < -0.3 is 19.7 Å². The fourth-order valence-electron chi connectivity index (χ4n) is 3.36. The SMILES string of the molecule is CCOc1ncccc1-c1ccc(N2CCNC[C@H]2CC)c(C(=O)OC)n1. The molecule has 3 rings (SSSR count). The van der Waals surface area contributed by atoms with Crippen LogP contribution in [0.5, 0.6) is 5.88 Å². The molecule has 0 aliphatic carbocycles. The summed E-state index contributed by atoms with van der Waals surface area (Å²) in [7, 11) is 1.38. The van der Waals surface area contributed by atoms with Gasteiger partial charge >= 0.3 is 5.97 Å². The molecule has 144 valence electrons. The fraction of sp³-hybridized carbons (Fsp3) is 0.450. The minimum Gasteiger partial charge on any atom is -0.477 e. The Balaban J connectivity index is 2.06. The number of rotatable bonds is 6. The number of hydrogen-bond donors (Lipinski definition) is 1. The Morgan fingerprint density at radius 1 is 1.33 bits per heavy atom. The zero-order valence-electron chi connectivity index (χ0n) is 16.1. The maximum absolute atomic E-state index is 12.5. The van der Waals surface area contributed by atoms with Gasteiger partial charge in [-0.2, -0.15) is 0 Å². The van der Waals surface area contributed by atoms with Crippen molar-refractivity contribution in [3.8, 4) is 17.1 Å². The first-order valence-corrected chi connectivity index (χ1v) is 9.34. The maximum Gasteiger partial charge on any atom is 0.358 e. The number of ether oxygens (including phenoxy) is 2. The van der Waals surface area contributed by atoms with Crippen LogP contribution < -0.4 is 15.0 Å². The summed E-state index contributed by atoms with van der Waals surface area (Å²) in [5, 5.41) is 3.40.